The summed E-state index contributed by atoms with van der Waals surface area (Å²) in [4.78, 5) is 26.5. The average Bonchev–Trinajstić information content (AvgIpc) is 3.15. The molecule has 1 fully saturated rings. The zero-order chi connectivity index (χ0) is 19.7. The first-order valence-corrected chi connectivity index (χ1v) is 9.27. The van der Waals surface area contributed by atoms with Gasteiger partial charge in [0.05, 0.1) is 31.1 Å². The molecule has 2 aromatic rings. The number of nitro benzene ring substituents is 1. The molecule has 4 rings (SSSR count). The first-order valence-electron chi connectivity index (χ1n) is 9.27. The minimum absolute atomic E-state index is 0.0366. The molecule has 8 heteroatoms. The molecule has 0 aliphatic carbocycles. The van der Waals surface area contributed by atoms with E-state index in [0.29, 0.717) is 24.2 Å². The van der Waals surface area contributed by atoms with Crippen LogP contribution in [0.25, 0.3) is 0 Å². The topological polar surface area (TPSA) is 86.4 Å². The summed E-state index contributed by atoms with van der Waals surface area (Å²) in [6.07, 6.45) is 0. The van der Waals surface area contributed by atoms with Gasteiger partial charge in [-0.05, 0) is 37.3 Å². The van der Waals surface area contributed by atoms with E-state index in [1.165, 1.54) is 16.5 Å². The van der Waals surface area contributed by atoms with Crippen molar-refractivity contribution in [3.8, 4) is 11.5 Å². The molecule has 0 aromatic heterocycles. The number of amides is 1. The third-order valence-corrected chi connectivity index (χ3v) is 5.29. The van der Waals surface area contributed by atoms with Crippen molar-refractivity contribution in [2.24, 2.45) is 0 Å². The molecule has 0 unspecified atom stereocenters. The van der Waals surface area contributed by atoms with Gasteiger partial charge >= 0.3 is 0 Å². The normalized spacial score (nSPS) is 16.2. The first kappa shape index (κ1) is 18.2. The molecule has 0 atom stereocenters. The average molecular weight is 384 g/mol. The van der Waals surface area contributed by atoms with Crippen LogP contribution in [0.3, 0.4) is 0 Å². The number of piperazine rings is 1. The lowest BCUT2D eigenvalue weighted by Crippen LogP contribution is -3.13. The Kier molecular flexibility index (Phi) is 4.87. The highest BCUT2D eigenvalue weighted by Gasteiger charge is 2.26. The van der Waals surface area contributed by atoms with Gasteiger partial charge in [0.15, 0.2) is 11.5 Å². The number of hydrogen-bond acceptors (Lipinski definition) is 5. The van der Waals surface area contributed by atoms with E-state index in [-0.39, 0.29) is 18.4 Å². The number of hydrogen-bond donors (Lipinski definition) is 1. The lowest BCUT2D eigenvalue weighted by Gasteiger charge is -2.32. The molecule has 2 aliphatic rings. The van der Waals surface area contributed by atoms with Gasteiger partial charge in [-0.3, -0.25) is 14.9 Å². The SMILES string of the molecule is Cc1cc(C(=O)N2CC[NH+](Cc3ccc4c(c3)OCO4)CC2)ccc1[N+](=O)[O-]. The second-order valence-corrected chi connectivity index (χ2v) is 7.16. The highest BCUT2D eigenvalue weighted by molar-refractivity contribution is 5.94. The van der Waals surface area contributed by atoms with E-state index in [4.69, 9.17) is 9.47 Å². The molecule has 0 bridgehead atoms. The number of nitrogens with one attached hydrogen (secondary N) is 1. The number of aryl methyl sites for hydroxylation is 1. The fourth-order valence-electron chi connectivity index (χ4n) is 3.72. The molecule has 1 saturated heterocycles. The maximum Gasteiger partial charge on any atom is 0.272 e. The number of rotatable bonds is 4. The van der Waals surface area contributed by atoms with Gasteiger partial charge in [0, 0.05) is 22.8 Å². The number of ether oxygens (including phenoxy) is 2. The van der Waals surface area contributed by atoms with E-state index in [9.17, 15) is 14.9 Å². The Morgan fingerprint density at radius 1 is 1.14 bits per heavy atom. The Balaban J connectivity index is 1.35. The van der Waals surface area contributed by atoms with E-state index >= 15 is 0 Å². The van der Waals surface area contributed by atoms with E-state index in [0.717, 1.165) is 31.1 Å². The molecule has 28 heavy (non-hydrogen) atoms. The largest absolute Gasteiger partial charge is 0.454 e. The summed E-state index contributed by atoms with van der Waals surface area (Å²) in [5, 5.41) is 10.9. The third-order valence-electron chi connectivity index (χ3n) is 5.29. The Bertz CT molecular complexity index is 922. The van der Waals surface area contributed by atoms with Crippen molar-refractivity contribution in [1.29, 1.82) is 0 Å². The predicted octanol–water partition coefficient (Wildman–Crippen LogP) is 1.17. The monoisotopic (exact) mass is 384 g/mol. The standard InChI is InChI=1S/C20H21N3O5/c1-14-10-16(3-4-17(14)23(25)26)20(24)22-8-6-21(7-9-22)12-15-2-5-18-19(11-15)28-13-27-18/h2-5,10-11H,6-9,12-13H2,1H3/p+1. The predicted molar refractivity (Wildman–Crippen MR) is 101 cm³/mol. The molecule has 8 nitrogen and oxygen atoms in total. The van der Waals surface area contributed by atoms with Gasteiger partial charge < -0.3 is 19.3 Å². The van der Waals surface area contributed by atoms with Crippen LogP contribution >= 0.6 is 0 Å². The van der Waals surface area contributed by atoms with Gasteiger partial charge in [0.25, 0.3) is 11.6 Å². The van der Waals surface area contributed by atoms with Gasteiger partial charge in [-0.1, -0.05) is 0 Å². The van der Waals surface area contributed by atoms with Crippen molar-refractivity contribution in [3.63, 3.8) is 0 Å². The molecule has 0 spiro atoms. The van der Waals surface area contributed by atoms with E-state index in [1.54, 1.807) is 19.1 Å². The van der Waals surface area contributed by atoms with Crippen LogP contribution < -0.4 is 14.4 Å². The summed E-state index contributed by atoms with van der Waals surface area (Å²) in [7, 11) is 0. The van der Waals surface area contributed by atoms with E-state index in [1.807, 2.05) is 17.0 Å². The zero-order valence-electron chi connectivity index (χ0n) is 15.6. The maximum absolute atomic E-state index is 12.7. The Labute approximate surface area is 162 Å². The molecule has 1 N–H and O–H groups in total. The Morgan fingerprint density at radius 3 is 2.61 bits per heavy atom. The zero-order valence-corrected chi connectivity index (χ0v) is 15.6. The summed E-state index contributed by atoms with van der Waals surface area (Å²) in [6.45, 7) is 5.83. The van der Waals surface area contributed by atoms with Crippen molar-refractivity contribution in [2.45, 2.75) is 13.5 Å². The maximum atomic E-state index is 12.7. The summed E-state index contributed by atoms with van der Waals surface area (Å²) >= 11 is 0. The Hall–Kier alpha value is -3.13. The van der Waals surface area contributed by atoms with Gasteiger partial charge in [-0.2, -0.15) is 0 Å². The quantitative estimate of drug-likeness (QED) is 0.632. The summed E-state index contributed by atoms with van der Waals surface area (Å²) in [5.41, 5.74) is 2.23. The minimum Gasteiger partial charge on any atom is -0.454 e. The number of fused-ring (bicyclic) bond motifs is 1. The molecule has 2 aliphatic heterocycles. The highest BCUT2D eigenvalue weighted by atomic mass is 16.7. The second kappa shape index (κ2) is 7.47. The molecule has 146 valence electrons. The van der Waals surface area contributed by atoms with Crippen LogP contribution in [0.15, 0.2) is 36.4 Å². The third kappa shape index (κ3) is 3.63. The van der Waals surface area contributed by atoms with Gasteiger partial charge in [-0.25, -0.2) is 0 Å². The number of carbonyl (C=O) groups excluding carboxylic acids is 1. The van der Waals surface area contributed by atoms with E-state index < -0.39 is 4.92 Å². The molecule has 2 heterocycles. The molecule has 2 aromatic carbocycles. The number of nitro groups is 1. The summed E-state index contributed by atoms with van der Waals surface area (Å²) in [5.74, 6) is 1.51. The molecular formula is C20H22N3O5+. The molecule has 0 radical (unpaired) electrons. The van der Waals surface area contributed by atoms with Crippen molar-refractivity contribution < 1.29 is 24.1 Å². The fourth-order valence-corrected chi connectivity index (χ4v) is 3.72. The first-order chi connectivity index (χ1) is 13.5. The Morgan fingerprint density at radius 2 is 1.89 bits per heavy atom. The highest BCUT2D eigenvalue weighted by Crippen LogP contribution is 2.32. The lowest BCUT2D eigenvalue weighted by atomic mass is 10.1. The number of quaternary nitrogens is 1. The fraction of sp³-hybridized carbons (Fsp3) is 0.350. The number of benzene rings is 2. The van der Waals surface area contributed by atoms with Gasteiger partial charge in [-0.15, -0.1) is 0 Å². The minimum atomic E-state index is -0.429. The van der Waals surface area contributed by atoms with Crippen LogP contribution in [-0.4, -0.2) is 48.7 Å². The van der Waals surface area contributed by atoms with Crippen LogP contribution in [0.5, 0.6) is 11.5 Å². The van der Waals surface area contributed by atoms with Crippen molar-refractivity contribution >= 4 is 11.6 Å². The molecule has 1 amide bonds. The second-order valence-electron chi connectivity index (χ2n) is 7.16. The molecular weight excluding hydrogens is 362 g/mol. The van der Waals surface area contributed by atoms with E-state index in [2.05, 4.69) is 6.07 Å². The van der Waals surface area contributed by atoms with Crippen molar-refractivity contribution in [2.75, 3.05) is 33.0 Å². The van der Waals surface area contributed by atoms with Crippen LogP contribution in [0.1, 0.15) is 21.5 Å². The van der Waals surface area contributed by atoms with Crippen molar-refractivity contribution in [3.05, 3.63) is 63.2 Å². The van der Waals surface area contributed by atoms with Crippen molar-refractivity contribution in [1.82, 2.24) is 4.90 Å². The van der Waals surface area contributed by atoms with Crippen LogP contribution in [0.4, 0.5) is 5.69 Å². The van der Waals surface area contributed by atoms with Crippen LogP contribution in [0.2, 0.25) is 0 Å². The van der Waals surface area contributed by atoms with Crippen LogP contribution in [0, 0.1) is 17.0 Å². The number of carbonyl (C=O) groups is 1. The summed E-state index contributed by atoms with van der Waals surface area (Å²) in [6, 6.07) is 10.6. The number of nitrogens with zero attached hydrogens (tertiary/aromatic N) is 2. The lowest BCUT2D eigenvalue weighted by molar-refractivity contribution is -0.917. The smallest absolute Gasteiger partial charge is 0.272 e. The van der Waals surface area contributed by atoms with Gasteiger partial charge in [0.2, 0.25) is 6.79 Å². The van der Waals surface area contributed by atoms with Crippen LogP contribution in [-0.2, 0) is 6.54 Å². The summed E-state index contributed by atoms with van der Waals surface area (Å²) < 4.78 is 10.8. The molecule has 0 saturated carbocycles. The van der Waals surface area contributed by atoms with Gasteiger partial charge in [0.1, 0.15) is 6.54 Å².